The highest BCUT2D eigenvalue weighted by Gasteiger charge is 2.30. The van der Waals surface area contributed by atoms with Gasteiger partial charge in [0.25, 0.3) is 11.8 Å². The summed E-state index contributed by atoms with van der Waals surface area (Å²) in [6.07, 6.45) is -1.89. The third-order valence-corrected chi connectivity index (χ3v) is 6.14. The maximum absolute atomic E-state index is 14.0. The third kappa shape index (κ3) is 5.89. The number of H-pyrrole nitrogens is 1. The topological polar surface area (TPSA) is 136 Å². The molecule has 0 radical (unpaired) electrons. The molecule has 3 aromatic carbocycles. The van der Waals surface area contributed by atoms with Crippen LogP contribution in [0.4, 0.5) is 26.1 Å². The minimum Gasteiger partial charge on any atom is -0.381 e. The SMILES string of the molecule is CCN(CC)c1ccc(C(=O)NC(c2cc(F)cc(F)c2)C(O)C(=O)Nc2ccc3nc(N)[nH]c3c2)cc1. The van der Waals surface area contributed by atoms with Gasteiger partial charge < -0.3 is 31.4 Å². The first-order valence-corrected chi connectivity index (χ1v) is 12.0. The number of aliphatic hydroxyl groups is 1. The van der Waals surface area contributed by atoms with Crippen LogP contribution in [-0.2, 0) is 4.79 Å². The van der Waals surface area contributed by atoms with Crippen molar-refractivity contribution in [2.75, 3.05) is 29.0 Å². The van der Waals surface area contributed by atoms with Gasteiger partial charge in [-0.15, -0.1) is 0 Å². The number of hydrogen-bond acceptors (Lipinski definition) is 6. The Morgan fingerprint density at radius 3 is 2.32 bits per heavy atom. The van der Waals surface area contributed by atoms with Gasteiger partial charge in [0.2, 0.25) is 0 Å². The quantitative estimate of drug-likeness (QED) is 0.227. The Labute approximate surface area is 217 Å². The fraction of sp³-hybridized carbons (Fsp3) is 0.222. The maximum Gasteiger partial charge on any atom is 0.255 e. The van der Waals surface area contributed by atoms with Crippen molar-refractivity contribution in [2.24, 2.45) is 0 Å². The van der Waals surface area contributed by atoms with Crippen molar-refractivity contribution in [3.63, 3.8) is 0 Å². The van der Waals surface area contributed by atoms with E-state index in [1.54, 1.807) is 42.5 Å². The lowest BCUT2D eigenvalue weighted by Crippen LogP contribution is -2.42. The van der Waals surface area contributed by atoms with Gasteiger partial charge in [-0.25, -0.2) is 13.8 Å². The van der Waals surface area contributed by atoms with Crippen LogP contribution in [0.5, 0.6) is 0 Å². The van der Waals surface area contributed by atoms with Gasteiger partial charge in [0, 0.05) is 36.1 Å². The summed E-state index contributed by atoms with van der Waals surface area (Å²) in [7, 11) is 0. The largest absolute Gasteiger partial charge is 0.381 e. The number of rotatable bonds is 9. The van der Waals surface area contributed by atoms with Crippen LogP contribution in [0, 0.1) is 11.6 Å². The molecule has 0 bridgehead atoms. The second kappa shape index (κ2) is 11.3. The van der Waals surface area contributed by atoms with Crippen molar-refractivity contribution < 1.29 is 23.5 Å². The fourth-order valence-corrected chi connectivity index (χ4v) is 4.21. The summed E-state index contributed by atoms with van der Waals surface area (Å²) in [5.74, 6) is -3.17. The third-order valence-electron chi connectivity index (χ3n) is 6.14. The van der Waals surface area contributed by atoms with Gasteiger partial charge in [-0.1, -0.05) is 0 Å². The van der Waals surface area contributed by atoms with Crippen molar-refractivity contribution in [2.45, 2.75) is 26.0 Å². The van der Waals surface area contributed by atoms with Gasteiger partial charge in [-0.2, -0.15) is 0 Å². The molecule has 0 spiro atoms. The summed E-state index contributed by atoms with van der Waals surface area (Å²) in [5.41, 5.74) is 8.15. The van der Waals surface area contributed by atoms with Crippen LogP contribution < -0.4 is 21.3 Å². The molecule has 0 saturated heterocycles. The van der Waals surface area contributed by atoms with Crippen molar-refractivity contribution in [3.8, 4) is 0 Å². The van der Waals surface area contributed by atoms with Crippen LogP contribution in [0.3, 0.4) is 0 Å². The van der Waals surface area contributed by atoms with Gasteiger partial charge in [-0.05, 0) is 74.0 Å². The number of carbonyl (C=O) groups is 2. The number of imidazole rings is 1. The zero-order chi connectivity index (χ0) is 27.4. The minimum atomic E-state index is -1.89. The molecule has 1 aromatic heterocycles. The van der Waals surface area contributed by atoms with E-state index in [1.807, 2.05) is 13.8 Å². The van der Waals surface area contributed by atoms with E-state index in [4.69, 9.17) is 5.73 Å². The van der Waals surface area contributed by atoms with Crippen LogP contribution in [0.2, 0.25) is 0 Å². The van der Waals surface area contributed by atoms with Crippen LogP contribution in [0.25, 0.3) is 11.0 Å². The summed E-state index contributed by atoms with van der Waals surface area (Å²) in [4.78, 5) is 35.1. The van der Waals surface area contributed by atoms with Crippen LogP contribution in [0.1, 0.15) is 35.8 Å². The lowest BCUT2D eigenvalue weighted by molar-refractivity contribution is -0.125. The number of amides is 2. The Morgan fingerprint density at radius 1 is 1.03 bits per heavy atom. The maximum atomic E-state index is 14.0. The molecular formula is C27H28F2N6O3. The molecule has 0 aliphatic heterocycles. The first-order chi connectivity index (χ1) is 18.2. The number of fused-ring (bicyclic) bond motifs is 1. The zero-order valence-electron chi connectivity index (χ0n) is 20.8. The molecule has 2 unspecified atom stereocenters. The summed E-state index contributed by atoms with van der Waals surface area (Å²) < 4.78 is 28.1. The number of nitrogens with one attached hydrogen (secondary N) is 3. The summed E-state index contributed by atoms with van der Waals surface area (Å²) >= 11 is 0. The number of aliphatic hydroxyl groups excluding tert-OH is 1. The highest BCUT2D eigenvalue weighted by atomic mass is 19.1. The van der Waals surface area contributed by atoms with E-state index in [0.717, 1.165) is 30.9 Å². The summed E-state index contributed by atoms with van der Waals surface area (Å²) in [5, 5.41) is 16.0. The second-order valence-corrected chi connectivity index (χ2v) is 8.66. The molecule has 38 heavy (non-hydrogen) atoms. The Morgan fingerprint density at radius 2 is 1.68 bits per heavy atom. The highest BCUT2D eigenvalue weighted by Crippen LogP contribution is 2.24. The van der Waals surface area contributed by atoms with E-state index in [2.05, 4.69) is 25.5 Å². The van der Waals surface area contributed by atoms with Crippen molar-refractivity contribution in [1.82, 2.24) is 15.3 Å². The van der Waals surface area contributed by atoms with Crippen LogP contribution in [0.15, 0.2) is 60.7 Å². The minimum absolute atomic E-state index is 0.116. The molecule has 198 valence electrons. The lowest BCUT2D eigenvalue weighted by atomic mass is 9.99. The van der Waals surface area contributed by atoms with E-state index in [0.29, 0.717) is 22.8 Å². The fourth-order valence-electron chi connectivity index (χ4n) is 4.21. The molecular weight excluding hydrogens is 494 g/mol. The molecule has 0 saturated carbocycles. The molecule has 1 heterocycles. The Bertz CT molecular complexity index is 1430. The normalized spacial score (nSPS) is 12.7. The van der Waals surface area contributed by atoms with Gasteiger partial charge >= 0.3 is 0 Å². The number of benzene rings is 3. The molecule has 9 nitrogen and oxygen atoms in total. The number of aromatic nitrogens is 2. The molecule has 0 fully saturated rings. The van der Waals surface area contributed by atoms with Crippen LogP contribution >= 0.6 is 0 Å². The van der Waals surface area contributed by atoms with Gasteiger partial charge in [-0.3, -0.25) is 9.59 Å². The van der Waals surface area contributed by atoms with Gasteiger partial charge in [0.1, 0.15) is 11.6 Å². The Kier molecular flexibility index (Phi) is 7.87. The number of hydrogen-bond donors (Lipinski definition) is 5. The molecule has 4 aromatic rings. The molecule has 4 rings (SSSR count). The number of aromatic amines is 1. The van der Waals surface area contributed by atoms with Crippen LogP contribution in [-0.4, -0.2) is 46.1 Å². The van der Waals surface area contributed by atoms with Crippen molar-refractivity contribution in [3.05, 3.63) is 83.4 Å². The predicted octanol–water partition coefficient (Wildman–Crippen LogP) is 3.74. The monoisotopic (exact) mass is 522 g/mol. The van der Waals surface area contributed by atoms with E-state index in [9.17, 15) is 23.5 Å². The number of halogens is 2. The lowest BCUT2D eigenvalue weighted by Gasteiger charge is -2.25. The summed E-state index contributed by atoms with van der Waals surface area (Å²) in [6, 6.07) is 12.6. The number of nitrogens with zero attached hydrogens (tertiary/aromatic N) is 2. The van der Waals surface area contributed by atoms with Gasteiger partial charge in [0.05, 0.1) is 17.1 Å². The van der Waals surface area contributed by atoms with E-state index < -0.39 is 35.6 Å². The van der Waals surface area contributed by atoms with E-state index in [1.165, 1.54) is 0 Å². The molecule has 0 aliphatic rings. The first kappa shape index (κ1) is 26.6. The summed E-state index contributed by atoms with van der Waals surface area (Å²) in [6.45, 7) is 5.61. The number of nitrogen functional groups attached to an aromatic ring is 1. The van der Waals surface area contributed by atoms with Crippen molar-refractivity contribution >= 4 is 40.2 Å². The predicted molar refractivity (Wildman–Crippen MR) is 142 cm³/mol. The molecule has 11 heteroatoms. The molecule has 0 aliphatic carbocycles. The highest BCUT2D eigenvalue weighted by molar-refractivity contribution is 5.98. The van der Waals surface area contributed by atoms with E-state index >= 15 is 0 Å². The Hall–Kier alpha value is -4.51. The smallest absolute Gasteiger partial charge is 0.255 e. The molecule has 2 amide bonds. The molecule has 2 atom stereocenters. The average molecular weight is 523 g/mol. The van der Waals surface area contributed by atoms with E-state index in [-0.39, 0.29) is 17.1 Å². The second-order valence-electron chi connectivity index (χ2n) is 8.66. The number of anilines is 3. The number of carbonyl (C=O) groups excluding carboxylic acids is 2. The Balaban J connectivity index is 1.58. The standard InChI is InChI=1S/C27H28F2N6O3/c1-3-35(4-2)20-8-5-15(6-9-20)25(37)34-23(16-11-17(28)13-18(29)12-16)24(36)26(38)31-19-7-10-21-22(14-19)33-27(30)32-21/h5-14,23-24,36H,3-4H2,1-2H3,(H,31,38)(H,34,37)(H3,30,32,33). The first-order valence-electron chi connectivity index (χ1n) is 12.0. The van der Waals surface area contributed by atoms with Gasteiger partial charge in [0.15, 0.2) is 12.1 Å². The molecule has 6 N–H and O–H groups in total. The van der Waals surface area contributed by atoms with Crippen molar-refractivity contribution in [1.29, 1.82) is 0 Å². The zero-order valence-corrected chi connectivity index (χ0v) is 20.8. The number of nitrogens with two attached hydrogens (primary N) is 1. The average Bonchev–Trinajstić information content (AvgIpc) is 3.26.